The van der Waals surface area contributed by atoms with Crippen LogP contribution < -0.4 is 5.32 Å². The highest BCUT2D eigenvalue weighted by molar-refractivity contribution is 5.07. The standard InChI is InChI=1S/C15H27N/c1-14(2,10-16-3)15-7-11-4-12(8-15)6-13(5-11)9-15/h11-13,16H,4-10H2,1-3H3. The van der Waals surface area contributed by atoms with E-state index in [1.165, 1.54) is 25.8 Å². The molecule has 0 aromatic carbocycles. The van der Waals surface area contributed by atoms with Crippen molar-refractivity contribution >= 4 is 0 Å². The molecule has 92 valence electrons. The quantitative estimate of drug-likeness (QED) is 0.769. The maximum absolute atomic E-state index is 3.43. The van der Waals surface area contributed by atoms with Crippen LogP contribution in [0.4, 0.5) is 0 Å². The first kappa shape index (κ1) is 11.1. The van der Waals surface area contributed by atoms with E-state index in [1.807, 2.05) is 0 Å². The van der Waals surface area contributed by atoms with Crippen LogP contribution >= 0.6 is 0 Å². The Balaban J connectivity index is 1.88. The van der Waals surface area contributed by atoms with Crippen molar-refractivity contribution in [3.8, 4) is 0 Å². The highest BCUT2D eigenvalue weighted by Gasteiger charge is 2.56. The van der Waals surface area contributed by atoms with Gasteiger partial charge in [0.15, 0.2) is 0 Å². The van der Waals surface area contributed by atoms with Gasteiger partial charge in [0.2, 0.25) is 0 Å². The molecule has 0 amide bonds. The normalized spacial score (nSPS) is 46.3. The molecule has 4 aliphatic rings. The lowest BCUT2D eigenvalue weighted by molar-refractivity contribution is -0.118. The van der Waals surface area contributed by atoms with Crippen molar-refractivity contribution in [2.24, 2.45) is 28.6 Å². The van der Waals surface area contributed by atoms with Crippen molar-refractivity contribution in [3.05, 3.63) is 0 Å². The molecule has 0 unspecified atom stereocenters. The van der Waals surface area contributed by atoms with Crippen molar-refractivity contribution in [3.63, 3.8) is 0 Å². The minimum absolute atomic E-state index is 0.498. The molecule has 4 aliphatic carbocycles. The van der Waals surface area contributed by atoms with E-state index in [9.17, 15) is 0 Å². The highest BCUT2D eigenvalue weighted by Crippen LogP contribution is 2.65. The molecule has 0 aliphatic heterocycles. The SMILES string of the molecule is CNCC(C)(C)C12CC3CC(CC(C3)C1)C2. The number of hydrogen-bond donors (Lipinski definition) is 1. The van der Waals surface area contributed by atoms with Gasteiger partial charge in [0.1, 0.15) is 0 Å². The summed E-state index contributed by atoms with van der Waals surface area (Å²) in [5, 5.41) is 3.43. The van der Waals surface area contributed by atoms with E-state index < -0.39 is 0 Å². The molecule has 0 atom stereocenters. The van der Waals surface area contributed by atoms with Gasteiger partial charge in [-0.3, -0.25) is 0 Å². The molecule has 1 nitrogen and oxygen atoms in total. The van der Waals surface area contributed by atoms with Crippen molar-refractivity contribution < 1.29 is 0 Å². The van der Waals surface area contributed by atoms with Gasteiger partial charge in [-0.05, 0) is 74.2 Å². The summed E-state index contributed by atoms with van der Waals surface area (Å²) < 4.78 is 0. The Kier molecular flexibility index (Phi) is 2.41. The molecule has 16 heavy (non-hydrogen) atoms. The van der Waals surface area contributed by atoms with Gasteiger partial charge in [0, 0.05) is 6.54 Å². The van der Waals surface area contributed by atoms with Crippen molar-refractivity contribution in [2.45, 2.75) is 52.4 Å². The molecule has 0 aromatic heterocycles. The third-order valence-corrected chi connectivity index (χ3v) is 6.09. The second-order valence-corrected chi connectivity index (χ2v) is 7.61. The molecule has 0 spiro atoms. The van der Waals surface area contributed by atoms with Crippen LogP contribution in [0.15, 0.2) is 0 Å². The molecular weight excluding hydrogens is 194 g/mol. The largest absolute Gasteiger partial charge is 0.319 e. The summed E-state index contributed by atoms with van der Waals surface area (Å²) in [6.45, 7) is 6.21. The Labute approximate surface area is 100 Å². The zero-order valence-corrected chi connectivity index (χ0v) is 11.2. The summed E-state index contributed by atoms with van der Waals surface area (Å²) in [5.74, 6) is 3.26. The minimum Gasteiger partial charge on any atom is -0.319 e. The van der Waals surface area contributed by atoms with Crippen LogP contribution in [0, 0.1) is 28.6 Å². The number of rotatable bonds is 3. The zero-order valence-electron chi connectivity index (χ0n) is 11.2. The van der Waals surface area contributed by atoms with Crippen LogP contribution in [0.25, 0.3) is 0 Å². The Hall–Kier alpha value is -0.0400. The molecule has 0 saturated heterocycles. The van der Waals surface area contributed by atoms with Crippen LogP contribution in [0.5, 0.6) is 0 Å². The topological polar surface area (TPSA) is 12.0 Å². The Bertz CT molecular complexity index is 244. The second-order valence-electron chi connectivity index (χ2n) is 7.61. The lowest BCUT2D eigenvalue weighted by atomic mass is 9.43. The van der Waals surface area contributed by atoms with Crippen molar-refractivity contribution in [1.29, 1.82) is 0 Å². The molecule has 0 aromatic rings. The summed E-state index contributed by atoms with van der Waals surface area (Å²) in [4.78, 5) is 0. The van der Waals surface area contributed by atoms with Gasteiger partial charge in [-0.1, -0.05) is 13.8 Å². The number of hydrogen-bond acceptors (Lipinski definition) is 1. The van der Waals surface area contributed by atoms with Crippen LogP contribution in [-0.2, 0) is 0 Å². The molecular formula is C15H27N. The third-order valence-electron chi connectivity index (χ3n) is 6.09. The Morgan fingerprint density at radius 1 is 1.00 bits per heavy atom. The van der Waals surface area contributed by atoms with E-state index >= 15 is 0 Å². The molecule has 4 bridgehead atoms. The van der Waals surface area contributed by atoms with E-state index in [4.69, 9.17) is 0 Å². The maximum Gasteiger partial charge on any atom is 0.000483 e. The molecule has 1 N–H and O–H groups in total. The lowest BCUT2D eigenvalue weighted by Gasteiger charge is -2.62. The van der Waals surface area contributed by atoms with Gasteiger partial charge in [-0.2, -0.15) is 0 Å². The fourth-order valence-electron chi connectivity index (χ4n) is 5.57. The van der Waals surface area contributed by atoms with Gasteiger partial charge in [0.05, 0.1) is 0 Å². The summed E-state index contributed by atoms with van der Waals surface area (Å²) in [6.07, 6.45) is 9.30. The predicted molar refractivity (Wildman–Crippen MR) is 68.3 cm³/mol. The minimum atomic E-state index is 0.498. The van der Waals surface area contributed by atoms with E-state index in [1.54, 1.807) is 19.3 Å². The zero-order chi connectivity index (χ0) is 11.4. The molecule has 1 heteroatoms. The first-order valence-corrected chi connectivity index (χ1v) is 7.19. The molecule has 0 radical (unpaired) electrons. The Morgan fingerprint density at radius 3 is 1.81 bits per heavy atom. The Morgan fingerprint density at radius 2 is 1.44 bits per heavy atom. The van der Waals surface area contributed by atoms with E-state index in [0.29, 0.717) is 10.8 Å². The van der Waals surface area contributed by atoms with Gasteiger partial charge in [-0.25, -0.2) is 0 Å². The predicted octanol–water partition coefficient (Wildman–Crippen LogP) is 3.45. The molecule has 0 heterocycles. The number of nitrogens with one attached hydrogen (secondary N) is 1. The van der Waals surface area contributed by atoms with Crippen LogP contribution in [-0.4, -0.2) is 13.6 Å². The summed E-state index contributed by atoms with van der Waals surface area (Å²) >= 11 is 0. The first-order chi connectivity index (χ1) is 7.55. The van der Waals surface area contributed by atoms with Crippen molar-refractivity contribution in [1.82, 2.24) is 5.32 Å². The van der Waals surface area contributed by atoms with Gasteiger partial charge >= 0.3 is 0 Å². The van der Waals surface area contributed by atoms with E-state index in [0.717, 1.165) is 17.8 Å². The summed E-state index contributed by atoms with van der Waals surface area (Å²) in [6, 6.07) is 0. The smallest absolute Gasteiger partial charge is 0.000483 e. The maximum atomic E-state index is 3.43. The van der Waals surface area contributed by atoms with E-state index in [2.05, 4.69) is 26.2 Å². The molecule has 4 rings (SSSR count). The average Bonchev–Trinajstić information content (AvgIpc) is 2.14. The second kappa shape index (κ2) is 3.48. The molecule has 4 fully saturated rings. The first-order valence-electron chi connectivity index (χ1n) is 7.19. The lowest BCUT2D eigenvalue weighted by Crippen LogP contribution is -2.55. The van der Waals surface area contributed by atoms with Gasteiger partial charge < -0.3 is 5.32 Å². The third kappa shape index (κ3) is 1.47. The fraction of sp³-hybridized carbons (Fsp3) is 1.00. The monoisotopic (exact) mass is 221 g/mol. The summed E-state index contributed by atoms with van der Waals surface area (Å²) in [5.41, 5.74) is 1.18. The highest BCUT2D eigenvalue weighted by atomic mass is 14.8. The van der Waals surface area contributed by atoms with E-state index in [-0.39, 0.29) is 0 Å². The average molecular weight is 221 g/mol. The van der Waals surface area contributed by atoms with Crippen LogP contribution in [0.3, 0.4) is 0 Å². The van der Waals surface area contributed by atoms with Gasteiger partial charge in [-0.15, -0.1) is 0 Å². The molecule has 4 saturated carbocycles. The fourth-order valence-corrected chi connectivity index (χ4v) is 5.57. The van der Waals surface area contributed by atoms with Crippen molar-refractivity contribution in [2.75, 3.05) is 13.6 Å². The summed E-state index contributed by atoms with van der Waals surface area (Å²) in [7, 11) is 2.11. The van der Waals surface area contributed by atoms with Crippen LogP contribution in [0.2, 0.25) is 0 Å². The van der Waals surface area contributed by atoms with Gasteiger partial charge in [0.25, 0.3) is 0 Å². The van der Waals surface area contributed by atoms with Crippen LogP contribution in [0.1, 0.15) is 52.4 Å².